The molecule has 31 heavy (non-hydrogen) atoms. The summed E-state index contributed by atoms with van der Waals surface area (Å²) in [4.78, 5) is 19.1. The van der Waals surface area contributed by atoms with E-state index >= 15 is 0 Å². The molecule has 0 spiro atoms. The van der Waals surface area contributed by atoms with E-state index in [1.165, 1.54) is 6.26 Å². The Kier molecular flexibility index (Phi) is 8.31. The zero-order chi connectivity index (χ0) is 22.2. The first-order chi connectivity index (χ1) is 15.0. The lowest BCUT2D eigenvalue weighted by Crippen LogP contribution is -2.32. The van der Waals surface area contributed by atoms with Gasteiger partial charge in [0, 0.05) is 37.4 Å². The fourth-order valence-corrected chi connectivity index (χ4v) is 3.59. The average Bonchev–Trinajstić information content (AvgIpc) is 3.49. The molecular weight excluding hydrogens is 398 g/mol. The van der Waals surface area contributed by atoms with Crippen LogP contribution in [-0.2, 0) is 17.8 Å². The summed E-state index contributed by atoms with van der Waals surface area (Å²) in [7, 11) is 3.29. The maximum absolute atomic E-state index is 12.4. The number of amides is 1. The molecule has 8 nitrogen and oxygen atoms in total. The maximum atomic E-state index is 12.4. The third kappa shape index (κ3) is 6.21. The lowest BCUT2D eigenvalue weighted by Gasteiger charge is -2.27. The molecular formula is C23H33N3O5. The van der Waals surface area contributed by atoms with Crippen LogP contribution in [0.2, 0.25) is 0 Å². The monoisotopic (exact) mass is 431 g/mol. The molecule has 1 aromatic heterocycles. The summed E-state index contributed by atoms with van der Waals surface area (Å²) in [5, 5.41) is 2.88. The van der Waals surface area contributed by atoms with Gasteiger partial charge in [0.05, 0.1) is 26.9 Å². The highest BCUT2D eigenvalue weighted by atomic mass is 16.5. The number of hydrogen-bond acceptors (Lipinski definition) is 7. The molecule has 1 aromatic carbocycles. The Hall–Kier alpha value is -2.58. The van der Waals surface area contributed by atoms with E-state index < -0.39 is 0 Å². The molecule has 0 unspecified atom stereocenters. The largest absolute Gasteiger partial charge is 0.497 e. The van der Waals surface area contributed by atoms with Crippen molar-refractivity contribution in [3.63, 3.8) is 0 Å². The maximum Gasteiger partial charge on any atom is 0.273 e. The number of nitrogens with one attached hydrogen (secondary N) is 1. The number of rotatable bonds is 11. The molecule has 0 saturated carbocycles. The van der Waals surface area contributed by atoms with E-state index in [1.54, 1.807) is 14.2 Å². The zero-order valence-corrected chi connectivity index (χ0v) is 18.8. The standard InChI is InChI=1S/C23H33N3O5/c1-5-16(2)26(13-17-8-9-18(28-3)11-21(17)29-4)14-22-25-20(15-31-22)23(27)24-12-19-7-6-10-30-19/h8-9,11,15-16,19H,5-7,10,12-14H2,1-4H3,(H,24,27)/t16-,19+/m0/s1. The molecule has 8 heteroatoms. The molecule has 2 heterocycles. The number of methoxy groups -OCH3 is 2. The second kappa shape index (κ2) is 11.2. The molecule has 1 aliphatic heterocycles. The second-order valence-corrected chi connectivity index (χ2v) is 7.81. The van der Waals surface area contributed by atoms with E-state index in [4.69, 9.17) is 18.6 Å². The first-order valence-electron chi connectivity index (χ1n) is 10.8. The Bertz CT molecular complexity index is 847. The minimum absolute atomic E-state index is 0.0932. The van der Waals surface area contributed by atoms with Crippen molar-refractivity contribution in [3.05, 3.63) is 41.6 Å². The van der Waals surface area contributed by atoms with Gasteiger partial charge in [-0.25, -0.2) is 4.98 Å². The minimum Gasteiger partial charge on any atom is -0.497 e. The highest BCUT2D eigenvalue weighted by Crippen LogP contribution is 2.27. The third-order valence-electron chi connectivity index (χ3n) is 5.72. The Morgan fingerprint density at radius 1 is 1.32 bits per heavy atom. The van der Waals surface area contributed by atoms with Crippen LogP contribution in [0.3, 0.4) is 0 Å². The van der Waals surface area contributed by atoms with Gasteiger partial charge in [-0.3, -0.25) is 9.69 Å². The molecule has 1 N–H and O–H groups in total. The van der Waals surface area contributed by atoms with E-state index in [0.717, 1.165) is 42.9 Å². The van der Waals surface area contributed by atoms with Gasteiger partial charge in [-0.2, -0.15) is 0 Å². The quantitative estimate of drug-likeness (QED) is 0.583. The highest BCUT2D eigenvalue weighted by Gasteiger charge is 2.21. The first-order valence-corrected chi connectivity index (χ1v) is 10.8. The lowest BCUT2D eigenvalue weighted by atomic mass is 10.1. The summed E-state index contributed by atoms with van der Waals surface area (Å²) in [6.45, 7) is 6.71. The predicted molar refractivity (Wildman–Crippen MR) is 116 cm³/mol. The summed E-state index contributed by atoms with van der Waals surface area (Å²) in [5.74, 6) is 1.80. The fourth-order valence-electron chi connectivity index (χ4n) is 3.59. The molecule has 0 radical (unpaired) electrons. The van der Waals surface area contributed by atoms with Crippen LogP contribution in [0, 0.1) is 0 Å². The van der Waals surface area contributed by atoms with Crippen molar-refractivity contribution in [3.8, 4) is 11.5 Å². The highest BCUT2D eigenvalue weighted by molar-refractivity contribution is 5.91. The summed E-state index contributed by atoms with van der Waals surface area (Å²) in [5.41, 5.74) is 1.34. The van der Waals surface area contributed by atoms with Crippen LogP contribution in [0.25, 0.3) is 0 Å². The molecule has 1 fully saturated rings. The smallest absolute Gasteiger partial charge is 0.273 e. The topological polar surface area (TPSA) is 86.1 Å². The van der Waals surface area contributed by atoms with Gasteiger partial charge in [0.15, 0.2) is 5.69 Å². The summed E-state index contributed by atoms with van der Waals surface area (Å²) >= 11 is 0. The van der Waals surface area contributed by atoms with E-state index in [2.05, 4.69) is 29.0 Å². The number of benzene rings is 1. The van der Waals surface area contributed by atoms with Crippen molar-refractivity contribution >= 4 is 5.91 Å². The van der Waals surface area contributed by atoms with Gasteiger partial charge in [-0.05, 0) is 32.3 Å². The SMILES string of the molecule is CC[C@H](C)N(Cc1nc(C(=O)NC[C@H]2CCCO2)co1)Cc1ccc(OC)cc1OC. The zero-order valence-electron chi connectivity index (χ0n) is 18.8. The van der Waals surface area contributed by atoms with Crippen molar-refractivity contribution < 1.29 is 23.4 Å². The van der Waals surface area contributed by atoms with Gasteiger partial charge < -0.3 is 23.9 Å². The summed E-state index contributed by atoms with van der Waals surface area (Å²) < 4.78 is 22.0. The number of hydrogen-bond donors (Lipinski definition) is 1. The van der Waals surface area contributed by atoms with E-state index in [-0.39, 0.29) is 18.1 Å². The van der Waals surface area contributed by atoms with Gasteiger partial charge in [0.1, 0.15) is 17.8 Å². The number of aromatic nitrogens is 1. The van der Waals surface area contributed by atoms with Gasteiger partial charge >= 0.3 is 0 Å². The normalized spacial score (nSPS) is 17.0. The van der Waals surface area contributed by atoms with Crippen molar-refractivity contribution in [1.82, 2.24) is 15.2 Å². The van der Waals surface area contributed by atoms with E-state index in [9.17, 15) is 4.79 Å². The van der Waals surface area contributed by atoms with Crippen LogP contribution < -0.4 is 14.8 Å². The molecule has 1 saturated heterocycles. The fraction of sp³-hybridized carbons (Fsp3) is 0.565. The number of oxazole rings is 1. The van der Waals surface area contributed by atoms with Crippen molar-refractivity contribution in [1.29, 1.82) is 0 Å². The van der Waals surface area contributed by atoms with Crippen LogP contribution in [0.4, 0.5) is 0 Å². The summed E-state index contributed by atoms with van der Waals surface area (Å²) in [6, 6.07) is 6.10. The molecule has 3 rings (SSSR count). The van der Waals surface area contributed by atoms with Gasteiger partial charge in [0.2, 0.25) is 5.89 Å². The van der Waals surface area contributed by atoms with Crippen LogP contribution in [-0.4, -0.2) is 55.3 Å². The Balaban J connectivity index is 1.65. The number of ether oxygens (including phenoxy) is 3. The second-order valence-electron chi connectivity index (χ2n) is 7.81. The number of nitrogens with zero attached hydrogens (tertiary/aromatic N) is 2. The Morgan fingerprint density at radius 3 is 2.84 bits per heavy atom. The van der Waals surface area contributed by atoms with Crippen LogP contribution >= 0.6 is 0 Å². The molecule has 1 amide bonds. The number of carbonyl (C=O) groups excluding carboxylic acids is 1. The van der Waals surface area contributed by atoms with E-state index in [0.29, 0.717) is 31.2 Å². The predicted octanol–water partition coefficient (Wildman–Crippen LogP) is 3.40. The van der Waals surface area contributed by atoms with Gasteiger partial charge in [0.25, 0.3) is 5.91 Å². The Morgan fingerprint density at radius 2 is 2.16 bits per heavy atom. The van der Waals surface area contributed by atoms with Crippen molar-refractivity contribution in [2.75, 3.05) is 27.4 Å². The molecule has 2 aromatic rings. The first kappa shape index (κ1) is 23.1. The van der Waals surface area contributed by atoms with E-state index in [1.807, 2.05) is 18.2 Å². The Labute approximate surface area is 183 Å². The van der Waals surface area contributed by atoms with Crippen LogP contribution in [0.1, 0.15) is 55.1 Å². The molecule has 170 valence electrons. The minimum atomic E-state index is -0.239. The van der Waals surface area contributed by atoms with Crippen molar-refractivity contribution in [2.45, 2.75) is 58.3 Å². The molecule has 0 bridgehead atoms. The third-order valence-corrected chi connectivity index (χ3v) is 5.72. The summed E-state index contributed by atoms with van der Waals surface area (Å²) in [6.07, 6.45) is 4.49. The lowest BCUT2D eigenvalue weighted by molar-refractivity contribution is 0.0853. The number of carbonyl (C=O) groups is 1. The van der Waals surface area contributed by atoms with Crippen LogP contribution in [0.15, 0.2) is 28.9 Å². The molecule has 0 aliphatic carbocycles. The molecule has 2 atom stereocenters. The van der Waals surface area contributed by atoms with Gasteiger partial charge in [-0.1, -0.05) is 13.0 Å². The average molecular weight is 432 g/mol. The van der Waals surface area contributed by atoms with Gasteiger partial charge in [-0.15, -0.1) is 0 Å². The van der Waals surface area contributed by atoms with Crippen LogP contribution in [0.5, 0.6) is 11.5 Å². The van der Waals surface area contributed by atoms with Crippen molar-refractivity contribution in [2.24, 2.45) is 0 Å². The molecule has 1 aliphatic rings.